The maximum atomic E-state index is 12.3. The van der Waals surface area contributed by atoms with E-state index < -0.39 is 0 Å². The van der Waals surface area contributed by atoms with Crippen molar-refractivity contribution in [3.05, 3.63) is 46.6 Å². The lowest BCUT2D eigenvalue weighted by atomic mass is 10.2. The molecule has 0 saturated carbocycles. The summed E-state index contributed by atoms with van der Waals surface area (Å²) in [6.07, 6.45) is 1.42. The summed E-state index contributed by atoms with van der Waals surface area (Å²) in [6, 6.07) is 9.24. The number of amides is 1. The molecule has 0 bridgehead atoms. The molecule has 0 fully saturated rings. The van der Waals surface area contributed by atoms with Crippen molar-refractivity contribution < 1.29 is 9.53 Å². The van der Waals surface area contributed by atoms with Crippen LogP contribution in [0, 0.1) is 0 Å². The molecule has 0 aliphatic heterocycles. The summed E-state index contributed by atoms with van der Waals surface area (Å²) in [6.45, 7) is 4.08. The van der Waals surface area contributed by atoms with Gasteiger partial charge in [0.05, 0.1) is 22.9 Å². The Labute approximate surface area is 182 Å². The van der Waals surface area contributed by atoms with Gasteiger partial charge in [-0.05, 0) is 44.2 Å². The van der Waals surface area contributed by atoms with E-state index in [0.717, 1.165) is 17.1 Å². The zero-order chi connectivity index (χ0) is 21.0. The van der Waals surface area contributed by atoms with Crippen molar-refractivity contribution in [2.75, 3.05) is 18.2 Å². The van der Waals surface area contributed by atoms with Gasteiger partial charge in [-0.25, -0.2) is 4.98 Å². The molecule has 29 heavy (non-hydrogen) atoms. The molecular formula is C19H19Cl2N5O2S. The van der Waals surface area contributed by atoms with E-state index in [-0.39, 0.29) is 28.5 Å². The lowest BCUT2D eigenvalue weighted by molar-refractivity contribution is -0.113. The van der Waals surface area contributed by atoms with Gasteiger partial charge in [-0.3, -0.25) is 9.36 Å². The minimum Gasteiger partial charge on any atom is -0.497 e. The molecule has 0 unspecified atom stereocenters. The number of benzene rings is 1. The first-order valence-electron chi connectivity index (χ1n) is 8.72. The highest BCUT2D eigenvalue weighted by molar-refractivity contribution is 7.99. The van der Waals surface area contributed by atoms with Crippen molar-refractivity contribution in [3.63, 3.8) is 0 Å². The molecule has 0 atom stereocenters. The Hall–Kier alpha value is -2.29. The normalized spacial score (nSPS) is 11.0. The largest absolute Gasteiger partial charge is 0.497 e. The van der Waals surface area contributed by atoms with Crippen LogP contribution in [0.4, 0.5) is 5.82 Å². The fourth-order valence-electron chi connectivity index (χ4n) is 2.58. The number of thioether (sulfide) groups is 1. The van der Waals surface area contributed by atoms with E-state index in [4.69, 9.17) is 27.9 Å². The van der Waals surface area contributed by atoms with E-state index in [2.05, 4.69) is 20.5 Å². The van der Waals surface area contributed by atoms with Crippen LogP contribution in [0.2, 0.25) is 10.0 Å². The van der Waals surface area contributed by atoms with Gasteiger partial charge in [0.1, 0.15) is 5.75 Å². The molecular weight excluding hydrogens is 433 g/mol. The number of nitrogens with zero attached hydrogens (tertiary/aromatic N) is 4. The minimum atomic E-state index is -0.254. The molecule has 7 nitrogen and oxygen atoms in total. The van der Waals surface area contributed by atoms with E-state index in [1.54, 1.807) is 7.11 Å². The Morgan fingerprint density at radius 1 is 1.24 bits per heavy atom. The van der Waals surface area contributed by atoms with Crippen molar-refractivity contribution in [1.29, 1.82) is 0 Å². The maximum absolute atomic E-state index is 12.3. The van der Waals surface area contributed by atoms with Gasteiger partial charge >= 0.3 is 0 Å². The summed E-state index contributed by atoms with van der Waals surface area (Å²) in [7, 11) is 1.62. The van der Waals surface area contributed by atoms with Crippen molar-refractivity contribution in [2.24, 2.45) is 0 Å². The van der Waals surface area contributed by atoms with Crippen LogP contribution in [0.5, 0.6) is 5.75 Å². The Bertz CT molecular complexity index is 1010. The number of hydrogen-bond acceptors (Lipinski definition) is 6. The maximum Gasteiger partial charge on any atom is 0.236 e. The van der Waals surface area contributed by atoms with Gasteiger partial charge in [0.15, 0.2) is 16.8 Å². The molecule has 0 aliphatic rings. The second kappa shape index (κ2) is 9.47. The van der Waals surface area contributed by atoms with Crippen LogP contribution in [0.15, 0.2) is 41.7 Å². The molecule has 0 saturated heterocycles. The molecule has 1 N–H and O–H groups in total. The predicted octanol–water partition coefficient (Wildman–Crippen LogP) is 4.97. The molecule has 1 aromatic carbocycles. The molecule has 1 amide bonds. The Balaban J connectivity index is 1.73. The second-order valence-electron chi connectivity index (χ2n) is 6.32. The van der Waals surface area contributed by atoms with Crippen LogP contribution in [-0.2, 0) is 4.79 Å². The van der Waals surface area contributed by atoms with E-state index in [9.17, 15) is 4.79 Å². The van der Waals surface area contributed by atoms with Crippen molar-refractivity contribution in [3.8, 4) is 17.1 Å². The highest BCUT2D eigenvalue weighted by atomic mass is 35.5. The Morgan fingerprint density at radius 3 is 2.59 bits per heavy atom. The molecule has 2 heterocycles. The first-order valence-corrected chi connectivity index (χ1v) is 10.5. The number of carbonyl (C=O) groups excluding carboxylic acids is 1. The molecule has 3 aromatic rings. The quantitative estimate of drug-likeness (QED) is 0.510. The average molecular weight is 452 g/mol. The molecule has 152 valence electrons. The third-order valence-corrected chi connectivity index (χ3v) is 5.37. The summed E-state index contributed by atoms with van der Waals surface area (Å²) in [5.41, 5.74) is 0.917. The van der Waals surface area contributed by atoms with E-state index in [1.165, 1.54) is 24.0 Å². The number of methoxy groups -OCH3 is 1. The third kappa shape index (κ3) is 5.20. The average Bonchev–Trinajstić information content (AvgIpc) is 3.13. The van der Waals surface area contributed by atoms with Crippen molar-refractivity contribution >= 4 is 46.7 Å². The summed E-state index contributed by atoms with van der Waals surface area (Å²) in [5.74, 6) is 1.65. The zero-order valence-corrected chi connectivity index (χ0v) is 18.3. The van der Waals surface area contributed by atoms with Gasteiger partial charge in [0.2, 0.25) is 5.91 Å². The number of rotatable bonds is 7. The van der Waals surface area contributed by atoms with Crippen LogP contribution >= 0.6 is 35.0 Å². The number of anilines is 1. The molecule has 2 aromatic heterocycles. The van der Waals surface area contributed by atoms with E-state index in [0.29, 0.717) is 10.2 Å². The highest BCUT2D eigenvalue weighted by Crippen LogP contribution is 2.29. The van der Waals surface area contributed by atoms with Gasteiger partial charge in [-0.2, -0.15) is 0 Å². The van der Waals surface area contributed by atoms with Gasteiger partial charge in [-0.1, -0.05) is 35.0 Å². The number of halogens is 2. The summed E-state index contributed by atoms with van der Waals surface area (Å²) in [4.78, 5) is 16.3. The summed E-state index contributed by atoms with van der Waals surface area (Å²) in [5, 5.41) is 12.6. The second-order valence-corrected chi connectivity index (χ2v) is 8.11. The monoisotopic (exact) mass is 451 g/mol. The topological polar surface area (TPSA) is 81.9 Å². The lowest BCUT2D eigenvalue weighted by Gasteiger charge is -2.14. The number of carbonyl (C=O) groups is 1. The molecule has 0 spiro atoms. The van der Waals surface area contributed by atoms with Crippen molar-refractivity contribution in [1.82, 2.24) is 19.7 Å². The highest BCUT2D eigenvalue weighted by Gasteiger charge is 2.18. The van der Waals surface area contributed by atoms with Crippen LogP contribution < -0.4 is 10.1 Å². The Kier molecular flexibility index (Phi) is 7.00. The number of pyridine rings is 1. The van der Waals surface area contributed by atoms with Gasteiger partial charge in [-0.15, -0.1) is 10.2 Å². The summed E-state index contributed by atoms with van der Waals surface area (Å²) < 4.78 is 7.20. The smallest absolute Gasteiger partial charge is 0.236 e. The third-order valence-electron chi connectivity index (χ3n) is 3.93. The SMILES string of the molecule is COc1ccc(-c2nnc(SCC(=O)Nc3ncc(Cl)cc3Cl)n2C(C)C)cc1. The molecule has 0 aliphatic carbocycles. The fraction of sp³-hybridized carbons (Fsp3) is 0.263. The molecule has 0 radical (unpaired) electrons. The van der Waals surface area contributed by atoms with Gasteiger partial charge in [0.25, 0.3) is 0 Å². The summed E-state index contributed by atoms with van der Waals surface area (Å²) >= 11 is 13.2. The number of aromatic nitrogens is 4. The lowest BCUT2D eigenvalue weighted by Crippen LogP contribution is -2.16. The van der Waals surface area contributed by atoms with E-state index in [1.807, 2.05) is 42.7 Å². The fourth-order valence-corrected chi connectivity index (χ4v) is 3.88. The van der Waals surface area contributed by atoms with E-state index >= 15 is 0 Å². The predicted molar refractivity (Wildman–Crippen MR) is 116 cm³/mol. The van der Waals surface area contributed by atoms with Crippen LogP contribution in [0.1, 0.15) is 19.9 Å². The van der Waals surface area contributed by atoms with Crippen LogP contribution in [-0.4, -0.2) is 38.5 Å². The van der Waals surface area contributed by atoms with Crippen LogP contribution in [0.3, 0.4) is 0 Å². The number of hydrogen-bond donors (Lipinski definition) is 1. The van der Waals surface area contributed by atoms with Gasteiger partial charge < -0.3 is 10.1 Å². The molecule has 3 rings (SSSR count). The Morgan fingerprint density at radius 2 is 1.97 bits per heavy atom. The minimum absolute atomic E-state index is 0.111. The molecule has 10 heteroatoms. The van der Waals surface area contributed by atoms with Crippen molar-refractivity contribution in [2.45, 2.75) is 25.0 Å². The standard InChI is InChI=1S/C19H19Cl2N5O2S/c1-11(2)26-18(12-4-6-14(28-3)7-5-12)24-25-19(26)29-10-16(27)23-17-15(21)8-13(20)9-22-17/h4-9,11H,10H2,1-3H3,(H,22,23,27). The zero-order valence-electron chi connectivity index (χ0n) is 16.0. The number of ether oxygens (including phenoxy) is 1. The first kappa shape index (κ1) is 21.4. The first-order chi connectivity index (χ1) is 13.9. The van der Waals surface area contributed by atoms with Gasteiger partial charge in [0, 0.05) is 17.8 Å². The van der Waals surface area contributed by atoms with Crippen LogP contribution in [0.25, 0.3) is 11.4 Å². The number of nitrogens with one attached hydrogen (secondary N) is 1.